The zero-order valence-electron chi connectivity index (χ0n) is 23.1. The van der Waals surface area contributed by atoms with Gasteiger partial charge in [-0.3, -0.25) is 10.1 Å². The van der Waals surface area contributed by atoms with Gasteiger partial charge in [0.2, 0.25) is 11.8 Å². The van der Waals surface area contributed by atoms with E-state index < -0.39 is 0 Å². The Labute approximate surface area is 232 Å². The molecule has 210 valence electrons. The van der Waals surface area contributed by atoms with Gasteiger partial charge in [0.05, 0.1) is 19.1 Å². The van der Waals surface area contributed by atoms with Crippen LogP contribution in [0.4, 0.5) is 11.7 Å². The Hall–Kier alpha value is -4.15. The lowest BCUT2D eigenvalue weighted by Gasteiger charge is -2.32. The molecule has 1 aromatic carbocycles. The summed E-state index contributed by atoms with van der Waals surface area (Å²) in [6.07, 6.45) is 7.75. The van der Waals surface area contributed by atoms with Crippen LogP contribution in [0, 0.1) is 5.92 Å². The van der Waals surface area contributed by atoms with Crippen LogP contribution in [0.3, 0.4) is 0 Å². The number of fused-ring (bicyclic) bond motifs is 3. The second-order valence-electron chi connectivity index (χ2n) is 10.2. The van der Waals surface area contributed by atoms with Gasteiger partial charge in [0, 0.05) is 37.7 Å². The van der Waals surface area contributed by atoms with Crippen molar-refractivity contribution in [2.75, 3.05) is 36.5 Å². The van der Waals surface area contributed by atoms with Crippen molar-refractivity contribution < 1.29 is 18.8 Å². The lowest BCUT2D eigenvalue weighted by Crippen LogP contribution is -2.41. The fourth-order valence-corrected chi connectivity index (χ4v) is 5.64. The van der Waals surface area contributed by atoms with E-state index in [4.69, 9.17) is 19.0 Å². The Balaban J connectivity index is 1.16. The molecule has 0 radical (unpaired) electrons. The first kappa shape index (κ1) is 26.1. The molecule has 3 aromatic heterocycles. The summed E-state index contributed by atoms with van der Waals surface area (Å²) in [6, 6.07) is 7.36. The second-order valence-corrected chi connectivity index (χ2v) is 10.2. The van der Waals surface area contributed by atoms with E-state index in [-0.39, 0.29) is 11.8 Å². The normalized spacial score (nSPS) is 17.4. The number of amides is 1. The Bertz CT molecular complexity index is 1500. The van der Waals surface area contributed by atoms with E-state index in [1.54, 1.807) is 12.4 Å². The second kappa shape index (κ2) is 11.5. The molecule has 2 aliphatic heterocycles. The molecule has 1 N–H and O–H groups in total. The molecule has 11 heteroatoms. The maximum atomic E-state index is 13.3. The van der Waals surface area contributed by atoms with Gasteiger partial charge in [0.1, 0.15) is 17.8 Å². The van der Waals surface area contributed by atoms with Crippen molar-refractivity contribution in [2.24, 2.45) is 5.92 Å². The summed E-state index contributed by atoms with van der Waals surface area (Å²) in [5.74, 6) is 3.21. The summed E-state index contributed by atoms with van der Waals surface area (Å²) in [7, 11) is 0. The Morgan fingerprint density at radius 3 is 2.80 bits per heavy atom. The molecule has 1 unspecified atom stereocenters. The van der Waals surface area contributed by atoms with E-state index in [9.17, 15) is 4.79 Å². The minimum absolute atomic E-state index is 0.0972. The van der Waals surface area contributed by atoms with Crippen LogP contribution in [0.25, 0.3) is 22.4 Å². The van der Waals surface area contributed by atoms with Crippen molar-refractivity contribution in [3.05, 3.63) is 36.4 Å². The minimum Gasteiger partial charge on any atom is -0.490 e. The van der Waals surface area contributed by atoms with Gasteiger partial charge in [-0.15, -0.1) is 0 Å². The number of nitrogens with one attached hydrogen (secondary N) is 1. The number of hydrogen-bond acceptors (Lipinski definition) is 9. The first-order valence-corrected chi connectivity index (χ1v) is 14.3. The fourth-order valence-electron chi connectivity index (χ4n) is 5.64. The summed E-state index contributed by atoms with van der Waals surface area (Å²) in [4.78, 5) is 29.6. The fraction of sp³-hybridized carbons (Fsp3) is 0.483. The van der Waals surface area contributed by atoms with Gasteiger partial charge < -0.3 is 23.5 Å². The molecule has 4 aromatic rings. The zero-order valence-corrected chi connectivity index (χ0v) is 23.1. The highest BCUT2D eigenvalue weighted by Crippen LogP contribution is 2.34. The molecule has 1 amide bonds. The maximum absolute atomic E-state index is 13.3. The van der Waals surface area contributed by atoms with Gasteiger partial charge in [-0.25, -0.2) is 15.0 Å². The van der Waals surface area contributed by atoms with Gasteiger partial charge in [-0.05, 0) is 57.7 Å². The molecule has 1 saturated heterocycles. The summed E-state index contributed by atoms with van der Waals surface area (Å²) in [6.45, 7) is 7.24. The number of nitrogens with zero attached hydrogens (tertiary/aromatic N) is 6. The average molecular weight is 546 g/mol. The lowest BCUT2D eigenvalue weighted by molar-refractivity contribution is -0.120. The highest BCUT2D eigenvalue weighted by Gasteiger charge is 2.30. The summed E-state index contributed by atoms with van der Waals surface area (Å²) >= 11 is 0. The van der Waals surface area contributed by atoms with E-state index in [2.05, 4.69) is 29.9 Å². The van der Waals surface area contributed by atoms with Crippen LogP contribution >= 0.6 is 0 Å². The predicted octanol–water partition coefficient (Wildman–Crippen LogP) is 4.86. The number of aromatic nitrogens is 5. The van der Waals surface area contributed by atoms with Crippen LogP contribution in [0.5, 0.6) is 11.5 Å². The number of ether oxygens (including phenoxy) is 2. The molecule has 0 saturated carbocycles. The van der Waals surface area contributed by atoms with Crippen molar-refractivity contribution in [1.29, 1.82) is 0 Å². The Morgan fingerprint density at radius 1 is 1.05 bits per heavy atom. The lowest BCUT2D eigenvalue weighted by atomic mass is 9.97. The third-order valence-corrected chi connectivity index (χ3v) is 7.56. The molecule has 0 aliphatic carbocycles. The minimum atomic E-state index is -0.220. The van der Waals surface area contributed by atoms with Crippen LogP contribution in [-0.4, -0.2) is 56.9 Å². The van der Waals surface area contributed by atoms with Crippen molar-refractivity contribution in [3.8, 4) is 22.8 Å². The maximum Gasteiger partial charge on any atom is 0.231 e. The van der Waals surface area contributed by atoms with Crippen LogP contribution < -0.4 is 19.7 Å². The quantitative estimate of drug-likeness (QED) is 0.331. The van der Waals surface area contributed by atoms with Crippen molar-refractivity contribution in [3.63, 3.8) is 0 Å². The zero-order chi connectivity index (χ0) is 27.5. The molecule has 6 rings (SSSR count). The average Bonchev–Trinajstić information content (AvgIpc) is 3.51. The molecule has 40 heavy (non-hydrogen) atoms. The van der Waals surface area contributed by atoms with E-state index in [1.807, 2.05) is 32.0 Å². The van der Waals surface area contributed by atoms with Crippen LogP contribution in [0.15, 0.2) is 35.1 Å². The Morgan fingerprint density at radius 2 is 1.93 bits per heavy atom. The first-order chi connectivity index (χ1) is 19.6. The summed E-state index contributed by atoms with van der Waals surface area (Å²) < 4.78 is 19.1. The third kappa shape index (κ3) is 5.20. The highest BCUT2D eigenvalue weighted by atomic mass is 16.5. The number of imidazole rings is 1. The molecular formula is C29H35N7O4. The van der Waals surface area contributed by atoms with Crippen molar-refractivity contribution in [2.45, 2.75) is 58.9 Å². The van der Waals surface area contributed by atoms with E-state index in [0.717, 1.165) is 73.6 Å². The van der Waals surface area contributed by atoms with Crippen LogP contribution in [0.2, 0.25) is 0 Å². The van der Waals surface area contributed by atoms with Gasteiger partial charge >= 0.3 is 0 Å². The van der Waals surface area contributed by atoms with E-state index >= 15 is 0 Å². The summed E-state index contributed by atoms with van der Waals surface area (Å²) in [5.41, 5.74) is 3.14. The largest absolute Gasteiger partial charge is 0.490 e. The van der Waals surface area contributed by atoms with Gasteiger partial charge in [0.25, 0.3) is 0 Å². The number of carbonyl (C=O) groups is 1. The number of piperidine rings is 1. The van der Waals surface area contributed by atoms with E-state index in [0.29, 0.717) is 42.8 Å². The molecule has 1 atom stereocenters. The topological polar surface area (TPSA) is 120 Å². The monoisotopic (exact) mass is 545 g/mol. The molecular weight excluding hydrogens is 510 g/mol. The molecule has 0 bridgehead atoms. The summed E-state index contributed by atoms with van der Waals surface area (Å²) in [5, 5.41) is 7.10. The van der Waals surface area contributed by atoms with Crippen LogP contribution in [0.1, 0.15) is 51.8 Å². The van der Waals surface area contributed by atoms with Gasteiger partial charge in [-0.1, -0.05) is 11.6 Å². The van der Waals surface area contributed by atoms with Crippen LogP contribution in [-0.2, 0) is 17.8 Å². The number of hydrogen-bond donors (Lipinski definition) is 1. The number of anilines is 2. The predicted molar refractivity (Wildman–Crippen MR) is 151 cm³/mol. The van der Waals surface area contributed by atoms with Crippen molar-refractivity contribution >= 4 is 28.8 Å². The SMILES string of the molecule is CCOc1ccc(-c2cc(NC(=O)C3CCCN(c4ncnc5c4nc4n5CCCCC4)C3)on2)cc1OCC. The number of rotatable bonds is 8. The molecule has 2 aliphatic rings. The first-order valence-electron chi connectivity index (χ1n) is 14.3. The van der Waals surface area contributed by atoms with Crippen molar-refractivity contribution in [1.82, 2.24) is 24.7 Å². The molecule has 11 nitrogen and oxygen atoms in total. The molecule has 5 heterocycles. The molecule has 0 spiro atoms. The van der Waals surface area contributed by atoms with Gasteiger partial charge in [0.15, 0.2) is 28.5 Å². The number of aryl methyl sites for hydroxylation is 2. The van der Waals surface area contributed by atoms with Gasteiger partial charge in [-0.2, -0.15) is 0 Å². The highest BCUT2D eigenvalue weighted by molar-refractivity contribution is 5.92. The smallest absolute Gasteiger partial charge is 0.231 e. The molecule has 1 fully saturated rings. The Kier molecular flexibility index (Phi) is 7.52. The number of carbonyl (C=O) groups excluding carboxylic acids is 1. The van der Waals surface area contributed by atoms with E-state index in [1.165, 1.54) is 6.42 Å². The third-order valence-electron chi connectivity index (χ3n) is 7.56. The standard InChI is InChI=1S/C29H35N7O4/c1-3-38-22-12-11-19(15-23(22)39-4-2)21-16-25(40-34-21)33-29(37)20-9-8-13-35(17-20)27-26-28(31-18-30-27)36-14-7-5-6-10-24(36)32-26/h11-12,15-16,18,20H,3-10,13-14,17H2,1-2H3,(H,33,37). The number of benzene rings is 1.